The minimum absolute atomic E-state index is 0.0613. The van der Waals surface area contributed by atoms with Gasteiger partial charge in [-0.1, -0.05) is 42.5 Å². The molecule has 1 heterocycles. The number of benzene rings is 2. The lowest BCUT2D eigenvalue weighted by molar-refractivity contribution is 0.0111. The van der Waals surface area contributed by atoms with E-state index in [0.717, 1.165) is 16.9 Å². The van der Waals surface area contributed by atoms with Crippen LogP contribution in [0.1, 0.15) is 44.2 Å². The van der Waals surface area contributed by atoms with Crippen LogP contribution in [0, 0.1) is 0 Å². The third-order valence-corrected chi connectivity index (χ3v) is 4.75. The molecule has 0 spiro atoms. The predicted octanol–water partition coefficient (Wildman–Crippen LogP) is 5.33. The highest BCUT2D eigenvalue weighted by atomic mass is 19.1. The van der Waals surface area contributed by atoms with E-state index in [1.807, 2.05) is 75.4 Å². The van der Waals surface area contributed by atoms with Crippen LogP contribution < -0.4 is 4.74 Å². The average Bonchev–Trinajstić information content (AvgIpc) is 2.66. The third-order valence-electron chi connectivity index (χ3n) is 4.75. The number of halogens is 1. The molecule has 1 fully saturated rings. The number of ether oxygens (including phenoxy) is 2. The van der Waals surface area contributed by atoms with Crippen LogP contribution in [0.2, 0.25) is 0 Å². The van der Waals surface area contributed by atoms with Gasteiger partial charge in [0.25, 0.3) is 0 Å². The van der Waals surface area contributed by atoms with Crippen molar-refractivity contribution in [2.75, 3.05) is 13.1 Å². The summed E-state index contributed by atoms with van der Waals surface area (Å²) in [5.41, 5.74) is 1.46. The quantitative estimate of drug-likeness (QED) is 0.714. The Morgan fingerprint density at radius 3 is 2.39 bits per heavy atom. The van der Waals surface area contributed by atoms with Crippen LogP contribution in [0.15, 0.2) is 54.6 Å². The minimum atomic E-state index is -1.11. The summed E-state index contributed by atoms with van der Waals surface area (Å²) < 4.78 is 25.9. The Morgan fingerprint density at radius 2 is 1.79 bits per heavy atom. The molecule has 4 nitrogen and oxygen atoms in total. The van der Waals surface area contributed by atoms with Crippen LogP contribution in [0.4, 0.5) is 9.18 Å². The van der Waals surface area contributed by atoms with Crippen molar-refractivity contribution in [3.63, 3.8) is 0 Å². The Morgan fingerprint density at radius 1 is 1.11 bits per heavy atom. The van der Waals surface area contributed by atoms with E-state index in [1.165, 1.54) is 4.90 Å². The number of hydrogen-bond acceptors (Lipinski definition) is 3. The second kappa shape index (κ2) is 8.63. The Balaban J connectivity index is 1.55. The molecule has 1 aliphatic heterocycles. The summed E-state index contributed by atoms with van der Waals surface area (Å²) in [4.78, 5) is 13.6. The monoisotopic (exact) mass is 385 g/mol. The van der Waals surface area contributed by atoms with Crippen molar-refractivity contribution in [2.24, 2.45) is 0 Å². The topological polar surface area (TPSA) is 38.8 Å². The van der Waals surface area contributed by atoms with Crippen LogP contribution in [0.25, 0.3) is 0 Å². The van der Waals surface area contributed by atoms with E-state index in [2.05, 4.69) is 0 Å². The number of carbonyl (C=O) groups excluding carboxylic acids is 1. The number of alkyl halides is 1. The predicted molar refractivity (Wildman–Crippen MR) is 107 cm³/mol. The highest BCUT2D eigenvalue weighted by Gasteiger charge is 2.34. The molecule has 2 aromatic carbocycles. The third kappa shape index (κ3) is 5.47. The molecular weight excluding hydrogens is 357 g/mol. The van der Waals surface area contributed by atoms with E-state index >= 15 is 0 Å². The summed E-state index contributed by atoms with van der Waals surface area (Å²) in [5.74, 6) is 0.538. The van der Waals surface area contributed by atoms with Gasteiger partial charge in [-0.15, -0.1) is 0 Å². The highest BCUT2D eigenvalue weighted by Crippen LogP contribution is 2.32. The molecule has 3 rings (SSSR count). The van der Waals surface area contributed by atoms with Crippen molar-refractivity contribution in [2.45, 2.75) is 51.5 Å². The maximum Gasteiger partial charge on any atom is 0.410 e. The fraction of sp³-hybridized carbons (Fsp3) is 0.435. The van der Waals surface area contributed by atoms with E-state index < -0.39 is 17.9 Å². The van der Waals surface area contributed by atoms with Crippen molar-refractivity contribution in [1.82, 2.24) is 4.90 Å². The molecular formula is C23H28FNO3. The summed E-state index contributed by atoms with van der Waals surface area (Å²) in [6, 6.07) is 17.6. The van der Waals surface area contributed by atoms with Gasteiger partial charge in [0.2, 0.25) is 0 Å². The smallest absolute Gasteiger partial charge is 0.410 e. The maximum atomic E-state index is 14.8. The molecule has 28 heavy (non-hydrogen) atoms. The summed E-state index contributed by atoms with van der Waals surface area (Å²) in [6.07, 6.45) is -0.986. The molecule has 1 saturated heterocycles. The van der Waals surface area contributed by atoms with Crippen molar-refractivity contribution >= 4 is 6.09 Å². The highest BCUT2D eigenvalue weighted by molar-refractivity contribution is 5.68. The van der Waals surface area contributed by atoms with E-state index in [9.17, 15) is 9.18 Å². The normalized spacial score (nSPS) is 19.9. The van der Waals surface area contributed by atoms with Crippen LogP contribution in [0.5, 0.6) is 5.75 Å². The summed E-state index contributed by atoms with van der Waals surface area (Å²) in [6.45, 7) is 6.49. The van der Waals surface area contributed by atoms with Crippen molar-refractivity contribution < 1.29 is 18.7 Å². The van der Waals surface area contributed by atoms with E-state index in [1.54, 1.807) is 0 Å². The lowest BCUT2D eigenvalue weighted by Gasteiger charge is -2.35. The Kier molecular flexibility index (Phi) is 6.22. The number of hydrogen-bond donors (Lipinski definition) is 0. The van der Waals surface area contributed by atoms with Gasteiger partial charge < -0.3 is 14.4 Å². The number of likely N-dealkylation sites (tertiary alicyclic amines) is 1. The second-order valence-corrected chi connectivity index (χ2v) is 8.18. The first-order chi connectivity index (χ1) is 13.3. The van der Waals surface area contributed by atoms with Crippen LogP contribution >= 0.6 is 0 Å². The summed E-state index contributed by atoms with van der Waals surface area (Å²) >= 11 is 0. The molecule has 0 saturated carbocycles. The first-order valence-electron chi connectivity index (χ1n) is 9.70. The van der Waals surface area contributed by atoms with Gasteiger partial charge in [0, 0.05) is 12.5 Å². The Hall–Kier alpha value is -2.56. The van der Waals surface area contributed by atoms with Crippen molar-refractivity contribution in [1.29, 1.82) is 0 Å². The van der Waals surface area contributed by atoms with Crippen LogP contribution in [-0.4, -0.2) is 35.9 Å². The number of rotatable bonds is 4. The zero-order chi connectivity index (χ0) is 20.1. The number of carbonyl (C=O) groups is 1. The van der Waals surface area contributed by atoms with Gasteiger partial charge in [-0.3, -0.25) is 0 Å². The molecule has 5 heteroatoms. The minimum Gasteiger partial charge on any atom is -0.489 e. The molecule has 0 aromatic heterocycles. The van der Waals surface area contributed by atoms with Gasteiger partial charge in [0.05, 0.1) is 6.54 Å². The van der Waals surface area contributed by atoms with Crippen LogP contribution in [0.3, 0.4) is 0 Å². The van der Waals surface area contributed by atoms with Gasteiger partial charge in [0.1, 0.15) is 24.1 Å². The molecule has 2 atom stereocenters. The first-order valence-corrected chi connectivity index (χ1v) is 9.70. The fourth-order valence-electron chi connectivity index (χ4n) is 3.32. The summed E-state index contributed by atoms with van der Waals surface area (Å²) in [7, 11) is 0. The fourth-order valence-corrected chi connectivity index (χ4v) is 3.32. The van der Waals surface area contributed by atoms with Crippen molar-refractivity contribution in [3.05, 3.63) is 65.7 Å². The maximum absolute atomic E-state index is 14.8. The van der Waals surface area contributed by atoms with Gasteiger partial charge in [-0.25, -0.2) is 9.18 Å². The molecule has 0 N–H and O–H groups in total. The Bertz CT molecular complexity index is 771. The number of nitrogens with zero attached hydrogens (tertiary/aromatic N) is 1. The summed E-state index contributed by atoms with van der Waals surface area (Å²) in [5, 5.41) is 0. The molecule has 0 radical (unpaired) electrons. The molecule has 0 bridgehead atoms. The zero-order valence-corrected chi connectivity index (χ0v) is 16.7. The largest absolute Gasteiger partial charge is 0.489 e. The van der Waals surface area contributed by atoms with Gasteiger partial charge >= 0.3 is 6.09 Å². The molecule has 1 amide bonds. The van der Waals surface area contributed by atoms with E-state index in [-0.39, 0.29) is 12.5 Å². The average molecular weight is 385 g/mol. The molecule has 2 unspecified atom stereocenters. The van der Waals surface area contributed by atoms with E-state index in [4.69, 9.17) is 9.47 Å². The van der Waals surface area contributed by atoms with Gasteiger partial charge in [0.15, 0.2) is 0 Å². The molecule has 1 aliphatic rings. The van der Waals surface area contributed by atoms with E-state index in [0.29, 0.717) is 19.6 Å². The molecule has 150 valence electrons. The van der Waals surface area contributed by atoms with Gasteiger partial charge in [-0.2, -0.15) is 0 Å². The Labute approximate surface area is 166 Å². The lowest BCUT2D eigenvalue weighted by Crippen LogP contribution is -2.46. The number of piperidine rings is 1. The molecule has 0 aliphatic carbocycles. The standard InChI is InChI=1S/C23H28FNO3/c1-23(2,3)28-22(26)25-14-13-20(21(24)15-25)18-9-11-19(12-10-18)27-16-17-7-5-4-6-8-17/h4-12,20-21H,13-16H2,1-3H3. The van der Waals surface area contributed by atoms with Gasteiger partial charge in [-0.05, 0) is 50.5 Å². The zero-order valence-electron chi connectivity index (χ0n) is 16.7. The lowest BCUT2D eigenvalue weighted by atomic mass is 9.88. The van der Waals surface area contributed by atoms with Crippen molar-refractivity contribution in [3.8, 4) is 5.75 Å². The first kappa shape index (κ1) is 20.2. The second-order valence-electron chi connectivity index (χ2n) is 8.18. The number of amides is 1. The SMILES string of the molecule is CC(C)(C)OC(=O)N1CCC(c2ccc(OCc3ccccc3)cc2)C(F)C1. The van der Waals surface area contributed by atoms with Crippen LogP contribution in [-0.2, 0) is 11.3 Å². The molecule has 2 aromatic rings.